The number of aromatic hydroxyl groups is 2. The van der Waals surface area contributed by atoms with Crippen molar-refractivity contribution in [3.8, 4) is 11.5 Å². The van der Waals surface area contributed by atoms with Gasteiger partial charge in [-0.15, -0.1) is 0 Å². The van der Waals surface area contributed by atoms with Crippen LogP contribution in [0, 0.1) is 5.92 Å². The Balaban J connectivity index is 1.59. The van der Waals surface area contributed by atoms with E-state index in [2.05, 4.69) is 20.9 Å². The van der Waals surface area contributed by atoms with Crippen molar-refractivity contribution in [2.75, 3.05) is 6.54 Å². The van der Waals surface area contributed by atoms with Gasteiger partial charge in [0, 0.05) is 30.1 Å². The first-order valence-electron chi connectivity index (χ1n) is 15.5. The maximum Gasteiger partial charge on any atom is 0.326 e. The van der Waals surface area contributed by atoms with E-state index in [0.717, 1.165) is 22.5 Å². The maximum atomic E-state index is 14.2. The monoisotopic (exact) mass is 635 g/mol. The zero-order valence-electron chi connectivity index (χ0n) is 26.1. The molecule has 1 aliphatic rings. The van der Waals surface area contributed by atoms with Crippen molar-refractivity contribution in [2.24, 2.45) is 5.92 Å². The quantitative estimate of drug-likeness (QED) is 0.139. The van der Waals surface area contributed by atoms with Gasteiger partial charge in [-0.25, -0.2) is 4.79 Å². The fourth-order valence-corrected chi connectivity index (χ4v) is 5.72. The van der Waals surface area contributed by atoms with Gasteiger partial charge in [0.15, 0.2) is 0 Å². The number of likely N-dealkylation sites (tertiary alicyclic amines) is 1. The summed E-state index contributed by atoms with van der Waals surface area (Å²) in [6, 6.07) is 6.73. The van der Waals surface area contributed by atoms with Crippen LogP contribution in [0.3, 0.4) is 0 Å². The van der Waals surface area contributed by atoms with Gasteiger partial charge in [0.25, 0.3) is 5.91 Å². The van der Waals surface area contributed by atoms with Crippen LogP contribution in [0.5, 0.6) is 11.5 Å². The van der Waals surface area contributed by atoms with E-state index in [1.165, 1.54) is 17.0 Å². The van der Waals surface area contributed by atoms with Crippen LogP contribution in [-0.2, 0) is 25.6 Å². The van der Waals surface area contributed by atoms with Crippen molar-refractivity contribution >= 4 is 40.5 Å². The first-order chi connectivity index (χ1) is 21.9. The summed E-state index contributed by atoms with van der Waals surface area (Å²) in [6.07, 6.45) is 3.31. The number of nitrogens with zero attached hydrogens (tertiary/aromatic N) is 1. The molecule has 4 rings (SSSR count). The molecule has 0 aliphatic carbocycles. The predicted octanol–water partition coefficient (Wildman–Crippen LogP) is 2.42. The van der Waals surface area contributed by atoms with E-state index in [0.29, 0.717) is 19.3 Å². The minimum absolute atomic E-state index is 0.0600. The van der Waals surface area contributed by atoms with E-state index < -0.39 is 53.8 Å². The van der Waals surface area contributed by atoms with Gasteiger partial charge in [-0.05, 0) is 55.0 Å². The Labute approximate surface area is 266 Å². The normalized spacial score (nSPS) is 17.1. The largest absolute Gasteiger partial charge is 0.508 e. The SMILES string of the molecule is CC[C@H](NC(=O)[C@@H](NC(=O)[C@@H]1CCCN1C(=O)[C@H](Cc1c[nH]c2ccccc12)NC(=O)c1cc(O)ccc1O)[C@@H](C)CC)C(=O)O. The maximum absolute atomic E-state index is 14.2. The first kappa shape index (κ1) is 33.8. The van der Waals surface area contributed by atoms with Crippen LogP contribution in [0.2, 0.25) is 0 Å². The Bertz CT molecular complexity index is 1600. The topological polar surface area (TPSA) is 201 Å². The number of carboxylic acid groups (broad SMARTS) is 1. The zero-order chi connectivity index (χ0) is 33.5. The second-order valence-corrected chi connectivity index (χ2v) is 11.7. The Morgan fingerprint density at radius 3 is 2.41 bits per heavy atom. The molecule has 1 aromatic heterocycles. The lowest BCUT2D eigenvalue weighted by Crippen LogP contribution is -2.58. The fraction of sp³-hybridized carbons (Fsp3) is 0.424. The molecule has 5 atom stereocenters. The molecule has 1 aliphatic heterocycles. The van der Waals surface area contributed by atoms with Crippen molar-refractivity contribution in [1.82, 2.24) is 25.8 Å². The summed E-state index contributed by atoms with van der Waals surface area (Å²) in [4.78, 5) is 70.4. The van der Waals surface area contributed by atoms with E-state index in [1.54, 1.807) is 20.0 Å². The summed E-state index contributed by atoms with van der Waals surface area (Å²) >= 11 is 0. The third kappa shape index (κ3) is 7.59. The van der Waals surface area contributed by atoms with E-state index in [-0.39, 0.29) is 42.4 Å². The molecule has 4 amide bonds. The molecule has 2 aromatic carbocycles. The summed E-state index contributed by atoms with van der Waals surface area (Å²) < 4.78 is 0. The van der Waals surface area contributed by atoms with Gasteiger partial charge in [-0.1, -0.05) is 45.4 Å². The molecule has 0 saturated carbocycles. The van der Waals surface area contributed by atoms with Crippen LogP contribution < -0.4 is 16.0 Å². The average molecular weight is 636 g/mol. The van der Waals surface area contributed by atoms with E-state index >= 15 is 0 Å². The smallest absolute Gasteiger partial charge is 0.326 e. The molecule has 3 aromatic rings. The summed E-state index contributed by atoms with van der Waals surface area (Å²) in [5.41, 5.74) is 1.36. The van der Waals surface area contributed by atoms with Gasteiger partial charge in [0.1, 0.15) is 35.7 Å². The minimum atomic E-state index is -1.18. The van der Waals surface area contributed by atoms with E-state index in [9.17, 15) is 39.3 Å². The number of carbonyl (C=O) groups is 5. The van der Waals surface area contributed by atoms with Crippen LogP contribution in [0.15, 0.2) is 48.7 Å². The number of aromatic nitrogens is 1. The van der Waals surface area contributed by atoms with Crippen LogP contribution >= 0.6 is 0 Å². The van der Waals surface area contributed by atoms with Crippen molar-refractivity contribution in [2.45, 2.75) is 77.0 Å². The molecule has 0 unspecified atom stereocenters. The molecule has 0 bridgehead atoms. The predicted molar refractivity (Wildman–Crippen MR) is 169 cm³/mol. The number of nitrogens with one attached hydrogen (secondary N) is 4. The number of aliphatic carboxylic acids is 1. The summed E-state index contributed by atoms with van der Waals surface area (Å²) in [5.74, 6) is -4.63. The molecule has 246 valence electrons. The number of carboxylic acids is 1. The van der Waals surface area contributed by atoms with Crippen LogP contribution in [0.4, 0.5) is 0 Å². The first-order valence-corrected chi connectivity index (χ1v) is 15.5. The highest BCUT2D eigenvalue weighted by atomic mass is 16.4. The summed E-state index contributed by atoms with van der Waals surface area (Å²) in [7, 11) is 0. The van der Waals surface area contributed by atoms with Crippen molar-refractivity contribution in [3.05, 3.63) is 59.8 Å². The highest BCUT2D eigenvalue weighted by Gasteiger charge is 2.40. The standard InChI is InChI=1S/C33H41N5O8/c1-4-18(3)28(31(43)35-23(5-2)33(45)46)37-30(42)26-11-8-14-38(26)32(44)25(15-19-17-34-24-10-7-6-9-21(19)24)36-29(41)22-16-20(39)12-13-27(22)40/h6-7,9-10,12-13,16-18,23,25-26,28,34,39-40H,4-5,8,11,14-15H2,1-3H3,(H,35,43)(H,36,41)(H,37,42)(H,45,46)/t18-,23-,25-,26-,28-/m0/s1. The van der Waals surface area contributed by atoms with Crippen LogP contribution in [0.1, 0.15) is 62.4 Å². The van der Waals surface area contributed by atoms with E-state index in [1.807, 2.05) is 31.2 Å². The molecular formula is C33H41N5O8. The number of H-pyrrole nitrogens is 1. The van der Waals surface area contributed by atoms with Crippen LogP contribution in [0.25, 0.3) is 10.9 Å². The second-order valence-electron chi connectivity index (χ2n) is 11.7. The number of phenols is 2. The molecule has 2 heterocycles. The van der Waals surface area contributed by atoms with Gasteiger partial charge in [-0.3, -0.25) is 19.2 Å². The third-order valence-electron chi connectivity index (χ3n) is 8.58. The molecular weight excluding hydrogens is 594 g/mol. The third-order valence-corrected chi connectivity index (χ3v) is 8.58. The zero-order valence-corrected chi connectivity index (χ0v) is 26.1. The molecule has 7 N–H and O–H groups in total. The molecule has 13 heteroatoms. The number of phenolic OH excluding ortho intramolecular Hbond substituents is 2. The van der Waals surface area contributed by atoms with Gasteiger partial charge < -0.3 is 41.2 Å². The fourth-order valence-electron chi connectivity index (χ4n) is 5.72. The van der Waals surface area contributed by atoms with Gasteiger partial charge in [0.2, 0.25) is 17.7 Å². The number of hydrogen-bond acceptors (Lipinski definition) is 7. The number of rotatable bonds is 13. The minimum Gasteiger partial charge on any atom is -0.508 e. The number of amides is 4. The Morgan fingerprint density at radius 1 is 0.978 bits per heavy atom. The Morgan fingerprint density at radius 2 is 1.72 bits per heavy atom. The summed E-state index contributed by atoms with van der Waals surface area (Å²) in [5, 5.41) is 38.4. The van der Waals surface area contributed by atoms with Crippen molar-refractivity contribution in [3.63, 3.8) is 0 Å². The number of fused-ring (bicyclic) bond motifs is 1. The van der Waals surface area contributed by atoms with Gasteiger partial charge in [-0.2, -0.15) is 0 Å². The number of para-hydroxylation sites is 1. The molecule has 1 saturated heterocycles. The van der Waals surface area contributed by atoms with Crippen LogP contribution in [-0.4, -0.2) is 85.5 Å². The number of benzene rings is 2. The highest BCUT2D eigenvalue weighted by molar-refractivity contribution is 6.01. The molecule has 0 spiro atoms. The Hall–Kier alpha value is -5.07. The number of hydrogen-bond donors (Lipinski definition) is 7. The second kappa shape index (κ2) is 14.8. The van der Waals surface area contributed by atoms with Gasteiger partial charge in [0.05, 0.1) is 5.56 Å². The van der Waals surface area contributed by atoms with Gasteiger partial charge >= 0.3 is 5.97 Å². The van der Waals surface area contributed by atoms with E-state index in [4.69, 9.17) is 0 Å². The molecule has 0 radical (unpaired) electrons. The molecule has 1 fully saturated rings. The van der Waals surface area contributed by atoms with Crippen molar-refractivity contribution in [1.29, 1.82) is 0 Å². The number of aromatic amines is 1. The highest BCUT2D eigenvalue weighted by Crippen LogP contribution is 2.25. The molecule has 46 heavy (non-hydrogen) atoms. The lowest BCUT2D eigenvalue weighted by molar-refractivity contribution is -0.143. The summed E-state index contributed by atoms with van der Waals surface area (Å²) in [6.45, 7) is 5.48. The lowest BCUT2D eigenvalue weighted by atomic mass is 9.97. The lowest BCUT2D eigenvalue weighted by Gasteiger charge is -2.31. The average Bonchev–Trinajstić information content (AvgIpc) is 3.70. The number of carbonyl (C=O) groups excluding carboxylic acids is 4. The van der Waals surface area contributed by atoms with Crippen molar-refractivity contribution < 1.29 is 39.3 Å². The Kier molecular flexibility index (Phi) is 10.9. The molecule has 13 nitrogen and oxygen atoms in total.